The standard InChI is InChI=1S/C18H23N3O/c1-3-4-7-11-20-18(22)15-10-12-19-17(13-15)21-16-9-6-5-8-14(16)2/h5-6,8-10,12-13H,3-4,7,11H2,1-2H3,(H,19,21)(H,20,22). The molecule has 0 atom stereocenters. The Morgan fingerprint density at radius 3 is 2.77 bits per heavy atom. The smallest absolute Gasteiger partial charge is 0.251 e. The number of nitrogens with zero attached hydrogens (tertiary/aromatic N) is 1. The number of aromatic nitrogens is 1. The molecule has 116 valence electrons. The number of benzene rings is 1. The number of pyridine rings is 1. The van der Waals surface area contributed by atoms with E-state index in [2.05, 4.69) is 22.5 Å². The minimum absolute atomic E-state index is 0.0497. The number of amides is 1. The highest BCUT2D eigenvalue weighted by Crippen LogP contribution is 2.19. The number of anilines is 2. The maximum atomic E-state index is 12.1. The number of hydrogen-bond donors (Lipinski definition) is 2. The summed E-state index contributed by atoms with van der Waals surface area (Å²) in [6.07, 6.45) is 4.95. The van der Waals surface area contributed by atoms with Crippen molar-refractivity contribution in [3.63, 3.8) is 0 Å². The minimum Gasteiger partial charge on any atom is -0.352 e. The van der Waals surface area contributed by atoms with Gasteiger partial charge in [-0.05, 0) is 37.1 Å². The van der Waals surface area contributed by atoms with E-state index in [0.29, 0.717) is 11.4 Å². The molecule has 1 heterocycles. The van der Waals surface area contributed by atoms with Crippen molar-refractivity contribution in [3.05, 3.63) is 53.7 Å². The topological polar surface area (TPSA) is 54.0 Å². The summed E-state index contributed by atoms with van der Waals surface area (Å²) in [6, 6.07) is 11.5. The number of nitrogens with one attached hydrogen (secondary N) is 2. The molecule has 0 aliphatic rings. The maximum Gasteiger partial charge on any atom is 0.251 e. The molecule has 0 fully saturated rings. The second-order valence-corrected chi connectivity index (χ2v) is 5.33. The van der Waals surface area contributed by atoms with Crippen molar-refractivity contribution in [1.82, 2.24) is 10.3 Å². The Morgan fingerprint density at radius 2 is 2.00 bits per heavy atom. The summed E-state index contributed by atoms with van der Waals surface area (Å²) in [5.41, 5.74) is 2.76. The summed E-state index contributed by atoms with van der Waals surface area (Å²) >= 11 is 0. The molecule has 4 heteroatoms. The fraction of sp³-hybridized carbons (Fsp3) is 0.333. The van der Waals surface area contributed by atoms with Crippen LogP contribution in [-0.4, -0.2) is 17.4 Å². The Morgan fingerprint density at radius 1 is 1.18 bits per heavy atom. The predicted molar refractivity (Wildman–Crippen MR) is 90.6 cm³/mol. The Bertz CT molecular complexity index is 625. The van der Waals surface area contributed by atoms with Gasteiger partial charge in [0.15, 0.2) is 0 Å². The molecule has 0 bridgehead atoms. The quantitative estimate of drug-likeness (QED) is 0.758. The third-order valence-electron chi connectivity index (χ3n) is 3.50. The van der Waals surface area contributed by atoms with Crippen molar-refractivity contribution in [2.24, 2.45) is 0 Å². The number of rotatable bonds is 7. The largest absolute Gasteiger partial charge is 0.352 e. The van der Waals surface area contributed by atoms with E-state index in [1.807, 2.05) is 31.2 Å². The van der Waals surface area contributed by atoms with Crippen LogP contribution in [0.3, 0.4) is 0 Å². The van der Waals surface area contributed by atoms with E-state index >= 15 is 0 Å². The molecule has 0 spiro atoms. The number of para-hydroxylation sites is 1. The van der Waals surface area contributed by atoms with Crippen molar-refractivity contribution in [2.75, 3.05) is 11.9 Å². The highest BCUT2D eigenvalue weighted by atomic mass is 16.1. The van der Waals surface area contributed by atoms with Crippen molar-refractivity contribution in [1.29, 1.82) is 0 Å². The Hall–Kier alpha value is -2.36. The van der Waals surface area contributed by atoms with E-state index in [-0.39, 0.29) is 5.91 Å². The van der Waals surface area contributed by atoms with Crippen LogP contribution >= 0.6 is 0 Å². The van der Waals surface area contributed by atoms with Gasteiger partial charge in [-0.15, -0.1) is 0 Å². The SMILES string of the molecule is CCCCCNC(=O)c1ccnc(Nc2ccccc2C)c1. The molecule has 1 aromatic carbocycles. The van der Waals surface area contributed by atoms with Gasteiger partial charge in [-0.25, -0.2) is 4.98 Å². The summed E-state index contributed by atoms with van der Waals surface area (Å²) in [4.78, 5) is 16.4. The van der Waals surface area contributed by atoms with Crippen LogP contribution in [0.4, 0.5) is 11.5 Å². The van der Waals surface area contributed by atoms with E-state index in [1.165, 1.54) is 0 Å². The molecular formula is C18H23N3O. The number of carbonyl (C=O) groups excluding carboxylic acids is 1. The van der Waals surface area contributed by atoms with Crippen molar-refractivity contribution in [3.8, 4) is 0 Å². The van der Waals surface area contributed by atoms with E-state index in [4.69, 9.17) is 0 Å². The second kappa shape index (κ2) is 8.17. The van der Waals surface area contributed by atoms with Gasteiger partial charge in [-0.1, -0.05) is 38.0 Å². The van der Waals surface area contributed by atoms with Crippen LogP contribution in [0.1, 0.15) is 42.1 Å². The van der Waals surface area contributed by atoms with Gasteiger partial charge in [-0.3, -0.25) is 4.79 Å². The molecule has 1 aromatic heterocycles. The number of unbranched alkanes of at least 4 members (excludes halogenated alkanes) is 2. The van der Waals surface area contributed by atoms with Crippen molar-refractivity contribution >= 4 is 17.4 Å². The predicted octanol–water partition coefficient (Wildman–Crippen LogP) is 4.05. The van der Waals surface area contributed by atoms with E-state index in [1.54, 1.807) is 18.3 Å². The third kappa shape index (κ3) is 4.58. The highest BCUT2D eigenvalue weighted by Gasteiger charge is 2.07. The van der Waals surface area contributed by atoms with Crippen LogP contribution in [0.15, 0.2) is 42.6 Å². The first-order valence-electron chi connectivity index (χ1n) is 7.77. The lowest BCUT2D eigenvalue weighted by Crippen LogP contribution is -2.24. The van der Waals surface area contributed by atoms with Gasteiger partial charge in [0.1, 0.15) is 5.82 Å². The van der Waals surface area contributed by atoms with Crippen molar-refractivity contribution in [2.45, 2.75) is 33.1 Å². The van der Waals surface area contributed by atoms with Crippen LogP contribution in [-0.2, 0) is 0 Å². The van der Waals surface area contributed by atoms with Gasteiger partial charge < -0.3 is 10.6 Å². The molecule has 0 radical (unpaired) electrons. The molecule has 22 heavy (non-hydrogen) atoms. The third-order valence-corrected chi connectivity index (χ3v) is 3.50. The zero-order valence-corrected chi connectivity index (χ0v) is 13.2. The van der Waals surface area contributed by atoms with E-state index in [0.717, 1.165) is 37.1 Å². The molecule has 0 saturated heterocycles. The lowest BCUT2D eigenvalue weighted by Gasteiger charge is -2.10. The monoisotopic (exact) mass is 297 g/mol. The summed E-state index contributed by atoms with van der Waals surface area (Å²) in [7, 11) is 0. The van der Waals surface area contributed by atoms with Crippen LogP contribution in [0.5, 0.6) is 0 Å². The molecule has 0 saturated carbocycles. The molecule has 0 aliphatic carbocycles. The average molecular weight is 297 g/mol. The zero-order chi connectivity index (χ0) is 15.8. The molecular weight excluding hydrogens is 274 g/mol. The second-order valence-electron chi connectivity index (χ2n) is 5.33. The van der Waals surface area contributed by atoms with Gasteiger partial charge in [0.2, 0.25) is 0 Å². The first-order valence-corrected chi connectivity index (χ1v) is 7.77. The van der Waals surface area contributed by atoms with Crippen LogP contribution in [0, 0.1) is 6.92 Å². The molecule has 2 rings (SSSR count). The average Bonchev–Trinajstić information content (AvgIpc) is 2.54. The number of carbonyl (C=O) groups is 1. The van der Waals surface area contributed by atoms with Gasteiger partial charge in [0, 0.05) is 24.0 Å². The first kappa shape index (κ1) is 16.0. The van der Waals surface area contributed by atoms with Crippen LogP contribution in [0.25, 0.3) is 0 Å². The van der Waals surface area contributed by atoms with Gasteiger partial charge in [0.05, 0.1) is 0 Å². The zero-order valence-electron chi connectivity index (χ0n) is 13.2. The van der Waals surface area contributed by atoms with Gasteiger partial charge in [-0.2, -0.15) is 0 Å². The van der Waals surface area contributed by atoms with Crippen LogP contribution < -0.4 is 10.6 Å². The first-order chi connectivity index (χ1) is 10.7. The van der Waals surface area contributed by atoms with E-state index < -0.39 is 0 Å². The fourth-order valence-electron chi connectivity index (χ4n) is 2.17. The lowest BCUT2D eigenvalue weighted by atomic mass is 10.2. The maximum absolute atomic E-state index is 12.1. The summed E-state index contributed by atoms with van der Waals surface area (Å²) < 4.78 is 0. The van der Waals surface area contributed by atoms with Gasteiger partial charge in [0.25, 0.3) is 5.91 Å². The fourth-order valence-corrected chi connectivity index (χ4v) is 2.17. The molecule has 2 N–H and O–H groups in total. The lowest BCUT2D eigenvalue weighted by molar-refractivity contribution is 0.0953. The highest BCUT2D eigenvalue weighted by molar-refractivity contribution is 5.94. The number of aryl methyl sites for hydroxylation is 1. The molecule has 1 amide bonds. The molecule has 2 aromatic rings. The van der Waals surface area contributed by atoms with Crippen molar-refractivity contribution < 1.29 is 4.79 Å². The minimum atomic E-state index is -0.0497. The van der Waals surface area contributed by atoms with Crippen LogP contribution in [0.2, 0.25) is 0 Å². The summed E-state index contributed by atoms with van der Waals surface area (Å²) in [5.74, 6) is 0.627. The Kier molecular flexibility index (Phi) is 5.95. The van der Waals surface area contributed by atoms with Gasteiger partial charge >= 0.3 is 0 Å². The van der Waals surface area contributed by atoms with E-state index in [9.17, 15) is 4.79 Å². The normalized spacial score (nSPS) is 10.3. The number of hydrogen-bond acceptors (Lipinski definition) is 3. The Balaban J connectivity index is 2.00. The Labute approximate surface area is 132 Å². The molecule has 0 unspecified atom stereocenters. The summed E-state index contributed by atoms with van der Waals surface area (Å²) in [6.45, 7) is 4.90. The molecule has 0 aliphatic heterocycles. The molecule has 4 nitrogen and oxygen atoms in total. The summed E-state index contributed by atoms with van der Waals surface area (Å²) in [5, 5.41) is 6.19.